The molecule has 0 saturated carbocycles. The Kier molecular flexibility index (Phi) is 6.10. The molecule has 0 amide bonds. The van der Waals surface area contributed by atoms with Crippen molar-refractivity contribution >= 4 is 21.6 Å². The number of nitrogens with one attached hydrogen (secondary N) is 1. The van der Waals surface area contributed by atoms with Crippen LogP contribution in [0.15, 0.2) is 35.4 Å². The van der Waals surface area contributed by atoms with Gasteiger partial charge in [-0.15, -0.1) is 0 Å². The quantitative estimate of drug-likeness (QED) is 0.809. The number of H-pyrrole nitrogens is 1. The number of sulfone groups is 1. The molecule has 2 heterocycles. The van der Waals surface area contributed by atoms with Gasteiger partial charge in [0.1, 0.15) is 5.82 Å². The van der Waals surface area contributed by atoms with Crippen LogP contribution in [0.1, 0.15) is 38.1 Å². The second-order valence-electron chi connectivity index (χ2n) is 7.03. The van der Waals surface area contributed by atoms with Gasteiger partial charge in [-0.1, -0.05) is 25.5 Å². The second-order valence-corrected chi connectivity index (χ2v) is 10.3. The zero-order valence-electron chi connectivity index (χ0n) is 15.6. The number of piperidine rings is 1. The molecule has 26 heavy (non-hydrogen) atoms. The number of nitrogens with zero attached hydrogens (tertiary/aromatic N) is 2. The van der Waals surface area contributed by atoms with Crippen LogP contribution in [-0.2, 0) is 9.84 Å². The van der Waals surface area contributed by atoms with Crippen molar-refractivity contribution in [1.29, 1.82) is 0 Å². The Bertz CT molecular complexity index is 831. The highest BCUT2D eigenvalue weighted by atomic mass is 32.2. The zero-order chi connectivity index (χ0) is 18.7. The molecule has 1 N–H and O–H groups in total. The summed E-state index contributed by atoms with van der Waals surface area (Å²) in [6.07, 6.45) is 8.85. The van der Waals surface area contributed by atoms with Crippen molar-refractivity contribution in [2.75, 3.05) is 25.6 Å². The molecule has 2 aromatic rings. The summed E-state index contributed by atoms with van der Waals surface area (Å²) in [5.41, 5.74) is 1.89. The first-order valence-corrected chi connectivity index (χ1v) is 12.2. The van der Waals surface area contributed by atoms with Crippen LogP contribution in [0.2, 0.25) is 0 Å². The molecule has 1 fully saturated rings. The molecule has 1 aromatic carbocycles. The van der Waals surface area contributed by atoms with Gasteiger partial charge in [0.2, 0.25) is 0 Å². The number of aromatic amines is 1. The summed E-state index contributed by atoms with van der Waals surface area (Å²) in [5.74, 6) is 1.01. The van der Waals surface area contributed by atoms with Gasteiger partial charge in [0.05, 0.1) is 22.8 Å². The Balaban J connectivity index is 1.79. The molecule has 1 aromatic heterocycles. The van der Waals surface area contributed by atoms with Crippen LogP contribution < -0.4 is 0 Å². The van der Waals surface area contributed by atoms with Gasteiger partial charge in [-0.25, -0.2) is 13.4 Å². The molecule has 0 spiro atoms. The minimum absolute atomic E-state index is 0.336. The monoisotopic (exact) mass is 393 g/mol. The topological polar surface area (TPSA) is 66.1 Å². The molecule has 5 nitrogen and oxygen atoms in total. The van der Waals surface area contributed by atoms with Gasteiger partial charge in [-0.05, 0) is 43.3 Å². The Labute approximate surface area is 160 Å². The highest BCUT2D eigenvalue weighted by molar-refractivity contribution is 7.99. The molecule has 1 aliphatic rings. The van der Waals surface area contributed by atoms with E-state index < -0.39 is 9.84 Å². The van der Waals surface area contributed by atoms with Crippen molar-refractivity contribution in [1.82, 2.24) is 14.9 Å². The molecule has 1 aliphatic heterocycles. The molecule has 2 unspecified atom stereocenters. The fourth-order valence-electron chi connectivity index (χ4n) is 3.46. The summed E-state index contributed by atoms with van der Waals surface area (Å²) in [5, 5.41) is 0.605. The van der Waals surface area contributed by atoms with Crippen molar-refractivity contribution < 1.29 is 8.42 Å². The van der Waals surface area contributed by atoms with Crippen LogP contribution in [0, 0.1) is 0 Å². The predicted molar refractivity (Wildman–Crippen MR) is 108 cm³/mol. The summed E-state index contributed by atoms with van der Waals surface area (Å²) >= 11 is 1.90. The minimum atomic E-state index is -3.17. The van der Waals surface area contributed by atoms with E-state index in [-0.39, 0.29) is 0 Å². The lowest BCUT2D eigenvalue weighted by Gasteiger charge is -2.35. The van der Waals surface area contributed by atoms with E-state index in [0.717, 1.165) is 36.6 Å². The van der Waals surface area contributed by atoms with E-state index in [1.54, 1.807) is 12.1 Å². The van der Waals surface area contributed by atoms with E-state index in [0.29, 0.717) is 16.2 Å². The first kappa shape index (κ1) is 19.5. The van der Waals surface area contributed by atoms with Crippen LogP contribution in [-0.4, -0.2) is 54.1 Å². The maximum atomic E-state index is 11.6. The standard InChI is InChI=1S/C19H27N3O2S2/c1-14(25-2)13-22-11-5-4-6-18(22)19-20-12-17(21-19)15-7-9-16(10-8-15)26(3,23)24/h7-10,12,14,18H,4-6,11,13H2,1-3H3,(H,20,21). The van der Waals surface area contributed by atoms with Gasteiger partial charge in [-0.2, -0.15) is 11.8 Å². The number of imidazole rings is 1. The molecule has 1 saturated heterocycles. The first-order chi connectivity index (χ1) is 12.4. The van der Waals surface area contributed by atoms with Crippen LogP contribution in [0.5, 0.6) is 0 Å². The molecule has 7 heteroatoms. The maximum Gasteiger partial charge on any atom is 0.175 e. The maximum absolute atomic E-state index is 11.6. The lowest BCUT2D eigenvalue weighted by atomic mass is 10.0. The SMILES string of the molecule is CSC(C)CN1CCCCC1c1ncc(-c2ccc(S(C)(=O)=O)cc2)[nH]1. The summed E-state index contributed by atoms with van der Waals surface area (Å²) in [4.78, 5) is 11.0. The average molecular weight is 394 g/mol. The normalized spacial score (nSPS) is 20.2. The Hall–Kier alpha value is -1.31. The van der Waals surface area contributed by atoms with Gasteiger partial charge in [0.15, 0.2) is 9.84 Å². The third-order valence-corrected chi connectivity index (χ3v) is 7.09. The number of hydrogen-bond donors (Lipinski definition) is 1. The Morgan fingerprint density at radius 2 is 2.04 bits per heavy atom. The lowest BCUT2D eigenvalue weighted by molar-refractivity contribution is 0.145. The average Bonchev–Trinajstić information content (AvgIpc) is 3.11. The molecule has 0 aliphatic carbocycles. The third kappa shape index (κ3) is 4.50. The summed E-state index contributed by atoms with van der Waals surface area (Å²) in [6.45, 7) is 4.47. The summed E-state index contributed by atoms with van der Waals surface area (Å²) in [6, 6.07) is 7.31. The number of rotatable bonds is 6. The molecule has 0 radical (unpaired) electrons. The van der Waals surface area contributed by atoms with Crippen molar-refractivity contribution in [2.45, 2.75) is 42.4 Å². The zero-order valence-corrected chi connectivity index (χ0v) is 17.2. The number of thioether (sulfide) groups is 1. The fraction of sp³-hybridized carbons (Fsp3) is 0.526. The number of likely N-dealkylation sites (tertiary alicyclic amines) is 1. The van der Waals surface area contributed by atoms with Crippen molar-refractivity contribution in [2.24, 2.45) is 0 Å². The van der Waals surface area contributed by atoms with Crippen molar-refractivity contribution in [3.05, 3.63) is 36.3 Å². The fourth-order valence-corrected chi connectivity index (χ4v) is 4.43. The van der Waals surface area contributed by atoms with Crippen LogP contribution in [0.3, 0.4) is 0 Å². The van der Waals surface area contributed by atoms with Gasteiger partial charge in [0, 0.05) is 18.1 Å². The number of aromatic nitrogens is 2. The van der Waals surface area contributed by atoms with E-state index in [9.17, 15) is 8.42 Å². The van der Waals surface area contributed by atoms with Crippen molar-refractivity contribution in [3.8, 4) is 11.3 Å². The van der Waals surface area contributed by atoms with Crippen LogP contribution >= 0.6 is 11.8 Å². The Morgan fingerprint density at radius 3 is 2.69 bits per heavy atom. The minimum Gasteiger partial charge on any atom is -0.341 e. The smallest absolute Gasteiger partial charge is 0.175 e. The first-order valence-electron chi connectivity index (χ1n) is 9.00. The molecule has 3 rings (SSSR count). The molecule has 0 bridgehead atoms. The lowest BCUT2D eigenvalue weighted by Crippen LogP contribution is -2.37. The molecular weight excluding hydrogens is 366 g/mol. The van der Waals surface area contributed by atoms with Crippen LogP contribution in [0.4, 0.5) is 0 Å². The van der Waals surface area contributed by atoms with Gasteiger partial charge in [-0.3, -0.25) is 4.90 Å². The summed E-state index contributed by atoms with van der Waals surface area (Å²) < 4.78 is 23.2. The highest BCUT2D eigenvalue weighted by Gasteiger charge is 2.27. The predicted octanol–water partition coefficient (Wildman–Crippen LogP) is 3.76. The number of benzene rings is 1. The molecule has 2 atom stereocenters. The third-order valence-electron chi connectivity index (χ3n) is 5.01. The molecule has 142 valence electrons. The van der Waals surface area contributed by atoms with Gasteiger partial charge in [0.25, 0.3) is 0 Å². The van der Waals surface area contributed by atoms with E-state index in [4.69, 9.17) is 0 Å². The van der Waals surface area contributed by atoms with Crippen molar-refractivity contribution in [3.63, 3.8) is 0 Å². The summed E-state index contributed by atoms with van der Waals surface area (Å²) in [7, 11) is -3.17. The van der Waals surface area contributed by atoms with E-state index in [1.807, 2.05) is 30.1 Å². The molecular formula is C19H27N3O2S2. The van der Waals surface area contributed by atoms with E-state index in [1.165, 1.54) is 19.1 Å². The van der Waals surface area contributed by atoms with Gasteiger partial charge >= 0.3 is 0 Å². The van der Waals surface area contributed by atoms with Crippen LogP contribution in [0.25, 0.3) is 11.3 Å². The number of hydrogen-bond acceptors (Lipinski definition) is 5. The van der Waals surface area contributed by atoms with Gasteiger partial charge < -0.3 is 4.98 Å². The van der Waals surface area contributed by atoms with E-state index in [2.05, 4.69) is 28.0 Å². The second kappa shape index (κ2) is 8.15. The van der Waals surface area contributed by atoms with E-state index >= 15 is 0 Å². The highest BCUT2D eigenvalue weighted by Crippen LogP contribution is 2.31. The largest absolute Gasteiger partial charge is 0.341 e. The Morgan fingerprint density at radius 1 is 1.31 bits per heavy atom.